The Bertz CT molecular complexity index is 752. The highest BCUT2D eigenvalue weighted by atomic mass is 32.2. The maximum Gasteiger partial charge on any atom is 0.241 e. The van der Waals surface area contributed by atoms with Gasteiger partial charge in [-0.2, -0.15) is 0 Å². The van der Waals surface area contributed by atoms with Gasteiger partial charge < -0.3 is 10.1 Å². The fourth-order valence-electron chi connectivity index (χ4n) is 3.33. The molecule has 7 heteroatoms. The maximum absolute atomic E-state index is 12.8. The average molecular weight is 383 g/mol. The molecule has 1 unspecified atom stereocenters. The summed E-state index contributed by atoms with van der Waals surface area (Å²) < 4.78 is 33.4. The summed E-state index contributed by atoms with van der Waals surface area (Å²) in [6.07, 6.45) is 1.08. The van der Waals surface area contributed by atoms with Crippen LogP contribution >= 0.6 is 0 Å². The van der Waals surface area contributed by atoms with Crippen molar-refractivity contribution >= 4 is 15.9 Å². The molecular weight excluding hydrogens is 352 g/mol. The molecule has 6 nitrogen and oxygen atoms in total. The summed E-state index contributed by atoms with van der Waals surface area (Å²) in [5.41, 5.74) is 4.64. The highest BCUT2D eigenvalue weighted by Crippen LogP contribution is 2.29. The Balaban J connectivity index is 1.98. The number of rotatable bonds is 7. The minimum atomic E-state index is -3.66. The number of hydrogen-bond acceptors (Lipinski definition) is 4. The van der Waals surface area contributed by atoms with E-state index in [4.69, 9.17) is 4.74 Å². The van der Waals surface area contributed by atoms with E-state index in [2.05, 4.69) is 10.0 Å². The van der Waals surface area contributed by atoms with Crippen LogP contribution in [-0.2, 0) is 19.6 Å². The van der Waals surface area contributed by atoms with E-state index in [1.807, 2.05) is 34.6 Å². The van der Waals surface area contributed by atoms with Crippen molar-refractivity contribution < 1.29 is 17.9 Å². The number of ether oxygens (including phenoxy) is 1. The summed E-state index contributed by atoms with van der Waals surface area (Å²) in [5, 5.41) is 2.85. The lowest BCUT2D eigenvalue weighted by molar-refractivity contribution is -0.121. The summed E-state index contributed by atoms with van der Waals surface area (Å²) in [6.45, 7) is 11.6. The smallest absolute Gasteiger partial charge is 0.241 e. The molecule has 1 saturated heterocycles. The second-order valence-corrected chi connectivity index (χ2v) is 8.84. The van der Waals surface area contributed by atoms with Crippen LogP contribution in [0.4, 0.5) is 0 Å². The molecule has 0 spiro atoms. The Morgan fingerprint density at radius 1 is 1.04 bits per heavy atom. The standard InChI is InChI=1S/C19H30N2O4S/c1-12-13(2)15(4)19(16(5)14(12)3)26(23,24)21-8-6-18(22)20-10-17-7-9-25-11-17/h17,21H,6-11H2,1-5H3,(H,20,22). The van der Waals surface area contributed by atoms with Crippen molar-refractivity contribution in [3.8, 4) is 0 Å². The van der Waals surface area contributed by atoms with Crippen molar-refractivity contribution in [2.24, 2.45) is 5.92 Å². The summed E-state index contributed by atoms with van der Waals surface area (Å²) in [6, 6.07) is 0. The van der Waals surface area contributed by atoms with Crippen LogP contribution in [0.15, 0.2) is 4.90 Å². The molecule has 1 aromatic rings. The molecule has 1 amide bonds. The molecule has 1 aliphatic rings. The molecule has 0 aromatic heterocycles. The van der Waals surface area contributed by atoms with Crippen molar-refractivity contribution in [3.63, 3.8) is 0 Å². The van der Waals surface area contributed by atoms with Crippen molar-refractivity contribution in [1.82, 2.24) is 10.0 Å². The predicted molar refractivity (Wildman–Crippen MR) is 102 cm³/mol. The van der Waals surface area contributed by atoms with Crippen LogP contribution in [0.5, 0.6) is 0 Å². The number of nitrogens with one attached hydrogen (secondary N) is 2. The first-order valence-electron chi connectivity index (χ1n) is 9.06. The lowest BCUT2D eigenvalue weighted by Crippen LogP contribution is -2.34. The monoisotopic (exact) mass is 382 g/mol. The highest BCUT2D eigenvalue weighted by Gasteiger charge is 2.23. The molecule has 0 saturated carbocycles. The van der Waals surface area contributed by atoms with Gasteiger partial charge in [-0.1, -0.05) is 0 Å². The van der Waals surface area contributed by atoms with Gasteiger partial charge >= 0.3 is 0 Å². The summed E-state index contributed by atoms with van der Waals surface area (Å²) in [5.74, 6) is 0.212. The van der Waals surface area contributed by atoms with Crippen LogP contribution in [0.25, 0.3) is 0 Å². The molecule has 1 atom stereocenters. The van der Waals surface area contributed by atoms with Crippen LogP contribution in [0.1, 0.15) is 40.7 Å². The van der Waals surface area contributed by atoms with Crippen LogP contribution in [-0.4, -0.2) is 40.6 Å². The van der Waals surface area contributed by atoms with E-state index in [-0.39, 0.29) is 18.9 Å². The van der Waals surface area contributed by atoms with E-state index < -0.39 is 10.0 Å². The molecule has 1 heterocycles. The molecule has 1 aliphatic heterocycles. The Kier molecular flexibility index (Phi) is 6.82. The van der Waals surface area contributed by atoms with Crippen LogP contribution < -0.4 is 10.0 Å². The lowest BCUT2D eigenvalue weighted by atomic mass is 9.95. The quantitative estimate of drug-likeness (QED) is 0.756. The fourth-order valence-corrected chi connectivity index (χ4v) is 4.96. The first-order chi connectivity index (χ1) is 12.1. The zero-order chi connectivity index (χ0) is 19.5. The number of hydrogen-bond donors (Lipinski definition) is 2. The molecule has 1 aromatic carbocycles. The molecular formula is C19H30N2O4S. The summed E-state index contributed by atoms with van der Waals surface area (Å²) in [7, 11) is -3.66. The number of carbonyl (C=O) groups excluding carboxylic acids is 1. The Morgan fingerprint density at radius 2 is 1.62 bits per heavy atom. The van der Waals surface area contributed by atoms with Crippen LogP contribution in [0, 0.1) is 40.5 Å². The molecule has 0 aliphatic carbocycles. The fraction of sp³-hybridized carbons (Fsp3) is 0.632. The van der Waals surface area contributed by atoms with Gasteiger partial charge in [-0.3, -0.25) is 4.79 Å². The lowest BCUT2D eigenvalue weighted by Gasteiger charge is -2.19. The zero-order valence-corrected chi connectivity index (χ0v) is 17.2. The second kappa shape index (κ2) is 8.50. The van der Waals surface area contributed by atoms with E-state index in [1.165, 1.54) is 0 Å². The van der Waals surface area contributed by atoms with Gasteiger partial charge in [-0.25, -0.2) is 13.1 Å². The molecule has 26 heavy (non-hydrogen) atoms. The first kappa shape index (κ1) is 20.9. The van der Waals surface area contributed by atoms with E-state index >= 15 is 0 Å². The maximum atomic E-state index is 12.8. The van der Waals surface area contributed by atoms with Crippen molar-refractivity contribution in [3.05, 3.63) is 27.8 Å². The van der Waals surface area contributed by atoms with Crippen molar-refractivity contribution in [2.75, 3.05) is 26.3 Å². The summed E-state index contributed by atoms with van der Waals surface area (Å²) in [4.78, 5) is 12.3. The molecule has 2 rings (SSSR count). The van der Waals surface area contributed by atoms with Crippen LogP contribution in [0.2, 0.25) is 0 Å². The van der Waals surface area contributed by atoms with Crippen molar-refractivity contribution in [1.29, 1.82) is 0 Å². The molecule has 1 fully saturated rings. The number of sulfonamides is 1. The molecule has 146 valence electrons. The van der Waals surface area contributed by atoms with Gasteiger partial charge in [-0.05, 0) is 68.9 Å². The topological polar surface area (TPSA) is 84.5 Å². The van der Waals surface area contributed by atoms with Crippen molar-refractivity contribution in [2.45, 2.75) is 52.4 Å². The number of amides is 1. The van der Waals surface area contributed by atoms with Gasteiger partial charge in [-0.15, -0.1) is 0 Å². The third-order valence-corrected chi connectivity index (χ3v) is 7.19. The Labute approximate surface area is 156 Å². The predicted octanol–water partition coefficient (Wildman–Crippen LogP) is 2.05. The minimum absolute atomic E-state index is 0.0835. The second-order valence-electron chi connectivity index (χ2n) is 7.14. The van der Waals surface area contributed by atoms with E-state index in [0.717, 1.165) is 40.8 Å². The Morgan fingerprint density at radius 3 is 2.15 bits per heavy atom. The molecule has 0 radical (unpaired) electrons. The zero-order valence-electron chi connectivity index (χ0n) is 16.4. The minimum Gasteiger partial charge on any atom is -0.381 e. The largest absolute Gasteiger partial charge is 0.381 e. The number of benzene rings is 1. The van der Waals surface area contributed by atoms with Gasteiger partial charge in [0.05, 0.1) is 11.5 Å². The molecule has 0 bridgehead atoms. The van der Waals surface area contributed by atoms with E-state index in [9.17, 15) is 13.2 Å². The third-order valence-electron chi connectivity index (χ3n) is 5.46. The van der Waals surface area contributed by atoms with E-state index in [0.29, 0.717) is 24.0 Å². The number of carbonyl (C=O) groups is 1. The van der Waals surface area contributed by atoms with Gasteiger partial charge in [0.15, 0.2) is 0 Å². The van der Waals surface area contributed by atoms with Crippen LogP contribution in [0.3, 0.4) is 0 Å². The third kappa shape index (κ3) is 4.64. The van der Waals surface area contributed by atoms with Gasteiger partial charge in [0.2, 0.25) is 15.9 Å². The highest BCUT2D eigenvalue weighted by molar-refractivity contribution is 7.89. The van der Waals surface area contributed by atoms with E-state index in [1.54, 1.807) is 0 Å². The normalized spacial score (nSPS) is 17.5. The SMILES string of the molecule is Cc1c(C)c(C)c(S(=O)(=O)NCCC(=O)NCC2CCOC2)c(C)c1C. The van der Waals surface area contributed by atoms with Gasteiger partial charge in [0.1, 0.15) is 0 Å². The first-order valence-corrected chi connectivity index (χ1v) is 10.5. The Hall–Kier alpha value is -1.44. The summed E-state index contributed by atoms with van der Waals surface area (Å²) >= 11 is 0. The van der Waals surface area contributed by atoms with Gasteiger partial charge in [0, 0.05) is 32.0 Å². The average Bonchev–Trinajstić information content (AvgIpc) is 3.09. The molecule has 2 N–H and O–H groups in total. The van der Waals surface area contributed by atoms with Gasteiger partial charge in [0.25, 0.3) is 0 Å².